The normalized spacial score (nSPS) is 11.4. The number of hydrogen-bond acceptors (Lipinski definition) is 7. The van der Waals surface area contributed by atoms with Gasteiger partial charge < -0.3 is 19.5 Å². The lowest BCUT2D eigenvalue weighted by Crippen LogP contribution is -2.38. The van der Waals surface area contributed by atoms with Crippen molar-refractivity contribution >= 4 is 33.3 Å². The number of nitrogens with one attached hydrogen (secondary N) is 1. The second kappa shape index (κ2) is 11.4. The van der Waals surface area contributed by atoms with Crippen LogP contribution in [0.25, 0.3) is 0 Å². The molecule has 0 aromatic heterocycles. The number of ether oxygens (including phenoxy) is 3. The van der Waals surface area contributed by atoms with Crippen LogP contribution in [0, 0.1) is 0 Å². The monoisotopic (exact) mass is 552 g/mol. The van der Waals surface area contributed by atoms with E-state index < -0.39 is 40.2 Å². The number of rotatable bonds is 9. The number of carbonyl (C=O) groups excluding carboxylic acids is 2. The number of esters is 1. The van der Waals surface area contributed by atoms with Gasteiger partial charge in [-0.15, -0.1) is 0 Å². The molecule has 13 heteroatoms. The van der Waals surface area contributed by atoms with Crippen LogP contribution < -0.4 is 19.1 Å². The van der Waals surface area contributed by atoms with E-state index in [4.69, 9.17) is 9.47 Å². The van der Waals surface area contributed by atoms with Gasteiger partial charge in [-0.05, 0) is 54.6 Å². The van der Waals surface area contributed by atoms with Gasteiger partial charge in [0.25, 0.3) is 10.0 Å². The van der Waals surface area contributed by atoms with Gasteiger partial charge in [-0.2, -0.15) is 13.2 Å². The number of halogens is 3. The minimum Gasteiger partial charge on any atom is -0.493 e. The van der Waals surface area contributed by atoms with E-state index in [0.29, 0.717) is 10.4 Å². The molecular weight excluding hydrogens is 529 g/mol. The molecule has 0 unspecified atom stereocenters. The quantitative estimate of drug-likeness (QED) is 0.393. The summed E-state index contributed by atoms with van der Waals surface area (Å²) in [5.41, 5.74) is -1.05. The van der Waals surface area contributed by atoms with Crippen molar-refractivity contribution in [2.45, 2.75) is 11.1 Å². The molecule has 0 radical (unpaired) electrons. The minimum atomic E-state index is -4.75. The van der Waals surface area contributed by atoms with Crippen LogP contribution in [0.3, 0.4) is 0 Å². The van der Waals surface area contributed by atoms with Crippen molar-refractivity contribution in [3.05, 3.63) is 77.9 Å². The number of anilines is 2. The Morgan fingerprint density at radius 1 is 0.895 bits per heavy atom. The zero-order valence-electron chi connectivity index (χ0n) is 20.4. The van der Waals surface area contributed by atoms with Gasteiger partial charge in [-0.25, -0.2) is 13.2 Å². The number of methoxy groups -OCH3 is 3. The third-order valence-corrected chi connectivity index (χ3v) is 7.05. The molecule has 1 amide bonds. The molecule has 3 aromatic rings. The summed E-state index contributed by atoms with van der Waals surface area (Å²) in [5.74, 6) is -1.16. The summed E-state index contributed by atoms with van der Waals surface area (Å²) in [7, 11) is -0.727. The first-order valence-electron chi connectivity index (χ1n) is 10.8. The Balaban J connectivity index is 2.00. The fourth-order valence-electron chi connectivity index (χ4n) is 3.40. The number of hydrogen-bond donors (Lipinski definition) is 1. The van der Waals surface area contributed by atoms with Gasteiger partial charge >= 0.3 is 12.1 Å². The maximum atomic E-state index is 13.6. The highest BCUT2D eigenvalue weighted by Gasteiger charge is 2.33. The Morgan fingerprint density at radius 2 is 1.55 bits per heavy atom. The van der Waals surface area contributed by atoms with Crippen LogP contribution in [-0.4, -0.2) is 48.2 Å². The summed E-state index contributed by atoms with van der Waals surface area (Å²) in [6.07, 6.45) is -4.75. The predicted octanol–water partition coefficient (Wildman–Crippen LogP) is 4.34. The second-order valence-corrected chi connectivity index (χ2v) is 9.56. The highest BCUT2D eigenvalue weighted by Crippen LogP contribution is 2.35. The first kappa shape index (κ1) is 28.3. The molecular formula is C25H23F3N2O7S. The van der Waals surface area contributed by atoms with Gasteiger partial charge in [-0.3, -0.25) is 9.10 Å². The second-order valence-electron chi connectivity index (χ2n) is 7.69. The molecule has 0 aliphatic rings. The highest BCUT2D eigenvalue weighted by molar-refractivity contribution is 7.92. The first-order valence-corrected chi connectivity index (χ1v) is 12.2. The van der Waals surface area contributed by atoms with Crippen molar-refractivity contribution in [1.82, 2.24) is 0 Å². The molecule has 3 rings (SSSR count). The SMILES string of the molecule is COC(=O)c1ccc(NC(=O)CN(c2cccc(C(F)(F)F)c2)S(=O)(=O)c2ccc(OC)c(OC)c2)cc1. The zero-order valence-corrected chi connectivity index (χ0v) is 21.2. The number of carbonyl (C=O) groups is 2. The molecule has 0 saturated carbocycles. The summed E-state index contributed by atoms with van der Waals surface area (Å²) in [4.78, 5) is 24.1. The topological polar surface area (TPSA) is 111 Å². The van der Waals surface area contributed by atoms with Gasteiger partial charge in [0.2, 0.25) is 5.91 Å². The van der Waals surface area contributed by atoms with E-state index in [9.17, 15) is 31.2 Å². The lowest BCUT2D eigenvalue weighted by atomic mass is 10.2. The van der Waals surface area contributed by atoms with Gasteiger partial charge in [0, 0.05) is 11.8 Å². The lowest BCUT2D eigenvalue weighted by molar-refractivity contribution is -0.137. The number of sulfonamides is 1. The van der Waals surface area contributed by atoms with E-state index in [-0.39, 0.29) is 33.3 Å². The Hall–Kier alpha value is -4.26. The van der Waals surface area contributed by atoms with Gasteiger partial charge in [0.05, 0.1) is 43.0 Å². The Labute approximate surface area is 216 Å². The van der Waals surface area contributed by atoms with E-state index in [1.165, 1.54) is 57.7 Å². The molecule has 0 aliphatic heterocycles. The van der Waals surface area contributed by atoms with Crippen LogP contribution in [-0.2, 0) is 25.7 Å². The van der Waals surface area contributed by atoms with E-state index in [2.05, 4.69) is 10.1 Å². The molecule has 3 aromatic carbocycles. The fourth-order valence-corrected chi connectivity index (χ4v) is 4.82. The molecule has 38 heavy (non-hydrogen) atoms. The van der Waals surface area contributed by atoms with Crippen molar-refractivity contribution < 1.29 is 45.4 Å². The Morgan fingerprint density at radius 3 is 2.13 bits per heavy atom. The third-order valence-electron chi connectivity index (χ3n) is 5.28. The van der Waals surface area contributed by atoms with Crippen molar-refractivity contribution in [2.24, 2.45) is 0 Å². The summed E-state index contributed by atoms with van der Waals surface area (Å²) in [6, 6.07) is 12.8. The largest absolute Gasteiger partial charge is 0.493 e. The Bertz CT molecular complexity index is 1430. The lowest BCUT2D eigenvalue weighted by Gasteiger charge is -2.25. The van der Waals surface area contributed by atoms with E-state index in [0.717, 1.165) is 24.3 Å². The summed E-state index contributed by atoms with van der Waals surface area (Å²) >= 11 is 0. The predicted molar refractivity (Wildman–Crippen MR) is 132 cm³/mol. The van der Waals surface area contributed by atoms with Crippen LogP contribution in [0.1, 0.15) is 15.9 Å². The minimum absolute atomic E-state index is 0.0627. The molecule has 0 aliphatic carbocycles. The van der Waals surface area contributed by atoms with Gasteiger partial charge in [0.1, 0.15) is 6.54 Å². The number of benzene rings is 3. The van der Waals surface area contributed by atoms with Crippen molar-refractivity contribution in [2.75, 3.05) is 37.5 Å². The summed E-state index contributed by atoms with van der Waals surface area (Å²) in [6.45, 7) is -0.864. The van der Waals surface area contributed by atoms with E-state index >= 15 is 0 Å². The molecule has 0 heterocycles. The molecule has 0 atom stereocenters. The van der Waals surface area contributed by atoms with Crippen LogP contribution in [0.15, 0.2) is 71.6 Å². The molecule has 0 saturated heterocycles. The van der Waals surface area contributed by atoms with Crippen LogP contribution in [0.2, 0.25) is 0 Å². The summed E-state index contributed by atoms with van der Waals surface area (Å²) < 4.78 is 82.8. The number of nitrogens with zero attached hydrogens (tertiary/aromatic N) is 1. The molecule has 9 nitrogen and oxygen atoms in total. The van der Waals surface area contributed by atoms with Gasteiger partial charge in [0.15, 0.2) is 11.5 Å². The van der Waals surface area contributed by atoms with Crippen molar-refractivity contribution in [3.63, 3.8) is 0 Å². The number of alkyl halides is 3. The zero-order chi connectivity index (χ0) is 28.1. The number of amides is 1. The fraction of sp³-hybridized carbons (Fsp3) is 0.200. The Kier molecular flexibility index (Phi) is 8.51. The highest BCUT2D eigenvalue weighted by atomic mass is 32.2. The average molecular weight is 553 g/mol. The van der Waals surface area contributed by atoms with Gasteiger partial charge in [-0.1, -0.05) is 6.07 Å². The van der Waals surface area contributed by atoms with Crippen molar-refractivity contribution in [3.8, 4) is 11.5 Å². The molecule has 0 fully saturated rings. The van der Waals surface area contributed by atoms with Crippen LogP contribution in [0.5, 0.6) is 11.5 Å². The van der Waals surface area contributed by atoms with E-state index in [1.54, 1.807) is 0 Å². The molecule has 202 valence electrons. The third kappa shape index (κ3) is 6.35. The maximum absolute atomic E-state index is 13.6. The summed E-state index contributed by atoms with van der Waals surface area (Å²) in [5, 5.41) is 2.47. The van der Waals surface area contributed by atoms with Crippen molar-refractivity contribution in [1.29, 1.82) is 0 Å². The molecule has 0 bridgehead atoms. The maximum Gasteiger partial charge on any atom is 0.416 e. The smallest absolute Gasteiger partial charge is 0.416 e. The van der Waals surface area contributed by atoms with Crippen LogP contribution >= 0.6 is 0 Å². The first-order chi connectivity index (χ1) is 17.9. The standard InChI is InChI=1S/C25H23F3N2O7S/c1-35-21-12-11-20(14-22(21)36-2)38(33,34)30(19-6-4-5-17(13-19)25(26,27)28)15-23(31)29-18-9-7-16(8-10-18)24(32)37-3/h4-14H,15H2,1-3H3,(H,29,31). The van der Waals surface area contributed by atoms with E-state index in [1.807, 2.05) is 0 Å². The van der Waals surface area contributed by atoms with Crippen LogP contribution in [0.4, 0.5) is 24.5 Å². The molecule has 0 spiro atoms. The molecule has 1 N–H and O–H groups in total. The average Bonchev–Trinajstić information content (AvgIpc) is 2.90.